The third kappa shape index (κ3) is 3.54. The highest BCUT2D eigenvalue weighted by molar-refractivity contribution is 5.79. The molecule has 0 bridgehead atoms. The summed E-state index contributed by atoms with van der Waals surface area (Å²) in [7, 11) is 0. The number of allylic oxidation sites excluding steroid dienone is 2. The summed E-state index contributed by atoms with van der Waals surface area (Å²) in [5.41, 5.74) is 0.867. The normalized spacial score (nSPS) is 21.5. The van der Waals surface area contributed by atoms with Crippen LogP contribution in [0.5, 0.6) is 0 Å². The SMILES string of the molecule is O=C(C1CC=CC1)N1CCCn2c(nc(CN3CCCC3)cc2=O)C1. The molecule has 3 heterocycles. The Balaban J connectivity index is 1.55. The van der Waals surface area contributed by atoms with Crippen LogP contribution in [0.25, 0.3) is 0 Å². The second-order valence-electron chi connectivity index (χ2n) is 7.39. The lowest BCUT2D eigenvalue weighted by Gasteiger charge is -2.23. The molecule has 1 fully saturated rings. The van der Waals surface area contributed by atoms with Gasteiger partial charge in [0.15, 0.2) is 0 Å². The molecule has 0 saturated carbocycles. The largest absolute Gasteiger partial charge is 0.335 e. The smallest absolute Gasteiger partial charge is 0.253 e. The van der Waals surface area contributed by atoms with Crippen molar-refractivity contribution in [2.24, 2.45) is 5.92 Å². The monoisotopic (exact) mass is 342 g/mol. The van der Waals surface area contributed by atoms with Crippen molar-refractivity contribution < 1.29 is 4.79 Å². The summed E-state index contributed by atoms with van der Waals surface area (Å²) < 4.78 is 1.76. The van der Waals surface area contributed by atoms with E-state index in [0.717, 1.165) is 50.4 Å². The van der Waals surface area contributed by atoms with Crippen LogP contribution in [0, 0.1) is 5.92 Å². The number of hydrogen-bond donors (Lipinski definition) is 0. The number of carbonyl (C=O) groups is 1. The number of amides is 1. The first-order valence-corrected chi connectivity index (χ1v) is 9.46. The predicted octanol–water partition coefficient (Wildman–Crippen LogP) is 1.54. The van der Waals surface area contributed by atoms with Gasteiger partial charge in [-0.15, -0.1) is 0 Å². The number of carbonyl (C=O) groups excluding carboxylic acids is 1. The van der Waals surface area contributed by atoms with Gasteiger partial charge < -0.3 is 4.90 Å². The maximum atomic E-state index is 12.8. The third-order valence-electron chi connectivity index (χ3n) is 5.54. The van der Waals surface area contributed by atoms with Gasteiger partial charge in [0.1, 0.15) is 5.82 Å². The number of likely N-dealkylation sites (tertiary alicyclic amines) is 1. The van der Waals surface area contributed by atoms with Gasteiger partial charge >= 0.3 is 0 Å². The third-order valence-corrected chi connectivity index (χ3v) is 5.54. The molecule has 6 nitrogen and oxygen atoms in total. The van der Waals surface area contributed by atoms with E-state index >= 15 is 0 Å². The molecule has 1 aliphatic carbocycles. The quantitative estimate of drug-likeness (QED) is 0.782. The van der Waals surface area contributed by atoms with Crippen molar-refractivity contribution in [1.29, 1.82) is 0 Å². The van der Waals surface area contributed by atoms with Gasteiger partial charge in [0.25, 0.3) is 5.56 Å². The van der Waals surface area contributed by atoms with E-state index in [1.165, 1.54) is 12.8 Å². The van der Waals surface area contributed by atoms with Crippen molar-refractivity contribution in [3.05, 3.63) is 40.1 Å². The van der Waals surface area contributed by atoms with Crippen LogP contribution in [0.3, 0.4) is 0 Å². The molecule has 6 heteroatoms. The molecule has 0 atom stereocenters. The van der Waals surface area contributed by atoms with Gasteiger partial charge in [-0.05, 0) is 45.2 Å². The zero-order valence-electron chi connectivity index (χ0n) is 14.7. The standard InChI is InChI=1S/C19H26N4O2/c24-18-12-16(13-21-8-3-4-9-21)20-17-14-22(10-5-11-23(17)18)19(25)15-6-1-2-7-15/h1-2,12,15H,3-11,13-14H2. The maximum Gasteiger partial charge on any atom is 0.253 e. The van der Waals surface area contributed by atoms with E-state index in [2.05, 4.69) is 17.1 Å². The Hall–Kier alpha value is -1.95. The minimum absolute atomic E-state index is 0.0241. The van der Waals surface area contributed by atoms with Gasteiger partial charge in [-0.25, -0.2) is 4.98 Å². The molecule has 1 aromatic rings. The summed E-state index contributed by atoms with van der Waals surface area (Å²) in [5.74, 6) is 1.03. The first-order chi connectivity index (χ1) is 12.2. The average Bonchev–Trinajstić information content (AvgIpc) is 3.25. The Morgan fingerprint density at radius 2 is 1.84 bits per heavy atom. The summed E-state index contributed by atoms with van der Waals surface area (Å²) in [6.07, 6.45) is 9.11. The highest BCUT2D eigenvalue weighted by atomic mass is 16.2. The highest BCUT2D eigenvalue weighted by Crippen LogP contribution is 2.22. The van der Waals surface area contributed by atoms with Crippen LogP contribution < -0.4 is 5.56 Å². The molecule has 0 aromatic carbocycles. The first-order valence-electron chi connectivity index (χ1n) is 9.46. The van der Waals surface area contributed by atoms with E-state index in [4.69, 9.17) is 4.98 Å². The van der Waals surface area contributed by atoms with Crippen LogP contribution in [-0.4, -0.2) is 44.9 Å². The van der Waals surface area contributed by atoms with Gasteiger partial charge in [0, 0.05) is 31.6 Å². The van der Waals surface area contributed by atoms with Crippen LogP contribution in [0.15, 0.2) is 23.0 Å². The Morgan fingerprint density at radius 3 is 2.60 bits per heavy atom. The zero-order valence-corrected chi connectivity index (χ0v) is 14.7. The van der Waals surface area contributed by atoms with E-state index in [1.54, 1.807) is 10.6 Å². The van der Waals surface area contributed by atoms with Crippen LogP contribution in [0.4, 0.5) is 0 Å². The van der Waals surface area contributed by atoms with E-state index in [1.807, 2.05) is 4.90 Å². The zero-order chi connectivity index (χ0) is 17.2. The second-order valence-corrected chi connectivity index (χ2v) is 7.39. The summed E-state index contributed by atoms with van der Waals surface area (Å²) in [6.45, 7) is 4.72. The molecule has 0 spiro atoms. The molecule has 0 unspecified atom stereocenters. The summed E-state index contributed by atoms with van der Waals surface area (Å²) in [4.78, 5) is 34.3. The molecular weight excluding hydrogens is 316 g/mol. The number of fused-ring (bicyclic) bond motifs is 1. The fraction of sp³-hybridized carbons (Fsp3) is 0.632. The van der Waals surface area contributed by atoms with Gasteiger partial charge in [-0.2, -0.15) is 0 Å². The molecule has 134 valence electrons. The van der Waals surface area contributed by atoms with Crippen LogP contribution in [0.1, 0.15) is 43.6 Å². The topological polar surface area (TPSA) is 58.4 Å². The first kappa shape index (κ1) is 16.5. The lowest BCUT2D eigenvalue weighted by molar-refractivity contribution is -0.135. The molecule has 1 amide bonds. The molecule has 25 heavy (non-hydrogen) atoms. The molecule has 0 radical (unpaired) electrons. The summed E-state index contributed by atoms with van der Waals surface area (Å²) in [6, 6.07) is 1.68. The van der Waals surface area contributed by atoms with Crippen LogP contribution >= 0.6 is 0 Å². The van der Waals surface area contributed by atoms with E-state index in [0.29, 0.717) is 19.6 Å². The minimum Gasteiger partial charge on any atom is -0.335 e. The Kier molecular flexibility index (Phi) is 4.70. The molecule has 2 aliphatic heterocycles. The predicted molar refractivity (Wildman–Crippen MR) is 94.9 cm³/mol. The molecule has 0 N–H and O–H groups in total. The van der Waals surface area contributed by atoms with E-state index in [-0.39, 0.29) is 17.4 Å². The minimum atomic E-state index is 0.0241. The lowest BCUT2D eigenvalue weighted by atomic mass is 10.1. The molecule has 1 aromatic heterocycles. The van der Waals surface area contributed by atoms with Gasteiger partial charge in [0.2, 0.25) is 5.91 Å². The van der Waals surface area contributed by atoms with Crippen molar-refractivity contribution in [1.82, 2.24) is 19.4 Å². The molecule has 1 saturated heterocycles. The number of hydrogen-bond acceptors (Lipinski definition) is 4. The number of aromatic nitrogens is 2. The molecular formula is C19H26N4O2. The van der Waals surface area contributed by atoms with Crippen molar-refractivity contribution in [2.45, 2.75) is 51.7 Å². The Bertz CT molecular complexity index is 725. The Morgan fingerprint density at radius 1 is 1.08 bits per heavy atom. The van der Waals surface area contributed by atoms with Crippen molar-refractivity contribution >= 4 is 5.91 Å². The lowest BCUT2D eigenvalue weighted by Crippen LogP contribution is -2.36. The fourth-order valence-electron chi connectivity index (χ4n) is 4.15. The van der Waals surface area contributed by atoms with Crippen LogP contribution in [-0.2, 0) is 24.4 Å². The summed E-state index contributed by atoms with van der Waals surface area (Å²) >= 11 is 0. The maximum absolute atomic E-state index is 12.8. The van der Waals surface area contributed by atoms with Gasteiger partial charge in [0.05, 0.1) is 12.2 Å². The fourth-order valence-corrected chi connectivity index (χ4v) is 4.15. The van der Waals surface area contributed by atoms with Crippen molar-refractivity contribution in [3.63, 3.8) is 0 Å². The number of nitrogens with zero attached hydrogens (tertiary/aromatic N) is 4. The Labute approximate surface area is 148 Å². The summed E-state index contributed by atoms with van der Waals surface area (Å²) in [5, 5.41) is 0. The molecule has 4 rings (SSSR count). The molecule has 3 aliphatic rings. The number of rotatable bonds is 3. The van der Waals surface area contributed by atoms with Crippen molar-refractivity contribution in [3.8, 4) is 0 Å². The van der Waals surface area contributed by atoms with Gasteiger partial charge in [-0.3, -0.25) is 19.1 Å². The van der Waals surface area contributed by atoms with Crippen molar-refractivity contribution in [2.75, 3.05) is 19.6 Å². The van der Waals surface area contributed by atoms with E-state index in [9.17, 15) is 9.59 Å². The highest BCUT2D eigenvalue weighted by Gasteiger charge is 2.27. The van der Waals surface area contributed by atoms with Crippen LogP contribution in [0.2, 0.25) is 0 Å². The average molecular weight is 342 g/mol. The second kappa shape index (κ2) is 7.12. The van der Waals surface area contributed by atoms with Gasteiger partial charge in [-0.1, -0.05) is 12.2 Å². The van der Waals surface area contributed by atoms with E-state index < -0.39 is 0 Å².